The number of benzene rings is 2. The number of rotatable bonds is 6. The number of hydrogen-bond acceptors (Lipinski definition) is 4. The van der Waals surface area contributed by atoms with E-state index in [0.717, 1.165) is 11.1 Å². The Balaban J connectivity index is 2.13. The van der Waals surface area contributed by atoms with Crippen molar-refractivity contribution < 1.29 is 19.1 Å². The highest BCUT2D eigenvalue weighted by molar-refractivity contribution is 5.97. The molecule has 5 heteroatoms. The number of nitrogens with one attached hydrogen (secondary N) is 1. The third kappa shape index (κ3) is 4.83. The molecule has 2 aromatic rings. The molecule has 0 aliphatic carbocycles. The van der Waals surface area contributed by atoms with E-state index in [1.807, 2.05) is 45.0 Å². The second kappa shape index (κ2) is 8.33. The SMILES string of the molecule is CC[C@H](Oc1ccc(C)cc1)C(=O)Nc1cc(C(=O)OC)ccc1C. The highest BCUT2D eigenvalue weighted by Crippen LogP contribution is 2.20. The molecule has 1 amide bonds. The maximum Gasteiger partial charge on any atom is 0.337 e. The lowest BCUT2D eigenvalue weighted by molar-refractivity contribution is -0.122. The highest BCUT2D eigenvalue weighted by Gasteiger charge is 2.20. The number of esters is 1. The number of carbonyl (C=O) groups is 2. The Morgan fingerprint density at radius 3 is 2.36 bits per heavy atom. The van der Waals surface area contributed by atoms with Crippen LogP contribution in [0.5, 0.6) is 5.75 Å². The van der Waals surface area contributed by atoms with Crippen LogP contribution in [-0.4, -0.2) is 25.1 Å². The fourth-order valence-corrected chi connectivity index (χ4v) is 2.32. The quantitative estimate of drug-likeness (QED) is 0.810. The van der Waals surface area contributed by atoms with Gasteiger partial charge in [0, 0.05) is 5.69 Å². The summed E-state index contributed by atoms with van der Waals surface area (Å²) in [4.78, 5) is 24.2. The van der Waals surface area contributed by atoms with Crippen LogP contribution in [-0.2, 0) is 9.53 Å². The summed E-state index contributed by atoms with van der Waals surface area (Å²) in [5, 5.41) is 2.84. The predicted molar refractivity (Wildman–Crippen MR) is 97.0 cm³/mol. The van der Waals surface area contributed by atoms with Gasteiger partial charge in [0.25, 0.3) is 5.91 Å². The van der Waals surface area contributed by atoms with Gasteiger partial charge in [-0.3, -0.25) is 4.79 Å². The lowest BCUT2D eigenvalue weighted by atomic mass is 10.1. The normalized spacial score (nSPS) is 11.5. The topological polar surface area (TPSA) is 64.6 Å². The molecular formula is C20H23NO4. The number of carbonyl (C=O) groups excluding carboxylic acids is 2. The van der Waals surface area contributed by atoms with E-state index in [-0.39, 0.29) is 5.91 Å². The summed E-state index contributed by atoms with van der Waals surface area (Å²) in [6.45, 7) is 5.74. The van der Waals surface area contributed by atoms with Crippen LogP contribution in [0.1, 0.15) is 34.8 Å². The molecule has 1 N–H and O–H groups in total. The lowest BCUT2D eigenvalue weighted by Crippen LogP contribution is -2.32. The van der Waals surface area contributed by atoms with Crippen LogP contribution in [0.15, 0.2) is 42.5 Å². The first-order chi connectivity index (χ1) is 11.9. The standard InChI is InChI=1S/C20H23NO4/c1-5-18(25-16-10-6-13(2)7-11-16)19(22)21-17-12-15(20(23)24-4)9-8-14(17)3/h6-12,18H,5H2,1-4H3,(H,21,22)/t18-/m0/s1. The summed E-state index contributed by atoms with van der Waals surface area (Å²) in [6, 6.07) is 12.6. The minimum atomic E-state index is -0.621. The smallest absolute Gasteiger partial charge is 0.337 e. The van der Waals surface area contributed by atoms with Gasteiger partial charge < -0.3 is 14.8 Å². The van der Waals surface area contributed by atoms with Gasteiger partial charge in [0.15, 0.2) is 6.10 Å². The van der Waals surface area contributed by atoms with Crippen LogP contribution < -0.4 is 10.1 Å². The van der Waals surface area contributed by atoms with Crippen molar-refractivity contribution >= 4 is 17.6 Å². The summed E-state index contributed by atoms with van der Waals surface area (Å²) >= 11 is 0. The Bertz CT molecular complexity index is 753. The van der Waals surface area contributed by atoms with Crippen LogP contribution in [0.4, 0.5) is 5.69 Å². The van der Waals surface area contributed by atoms with Crippen molar-refractivity contribution in [2.45, 2.75) is 33.3 Å². The molecule has 0 unspecified atom stereocenters. The number of ether oxygens (including phenoxy) is 2. The van der Waals surface area contributed by atoms with Gasteiger partial charge in [-0.05, 0) is 50.1 Å². The molecular weight excluding hydrogens is 318 g/mol. The third-order valence-electron chi connectivity index (χ3n) is 3.88. The fraction of sp³-hybridized carbons (Fsp3) is 0.300. The molecule has 1 atom stereocenters. The molecule has 25 heavy (non-hydrogen) atoms. The van der Waals surface area contributed by atoms with Crippen molar-refractivity contribution in [3.63, 3.8) is 0 Å². The van der Waals surface area contributed by atoms with Gasteiger partial charge in [0.2, 0.25) is 0 Å². The van der Waals surface area contributed by atoms with Crippen LogP contribution >= 0.6 is 0 Å². The molecule has 0 saturated heterocycles. The van der Waals surface area contributed by atoms with Gasteiger partial charge in [-0.1, -0.05) is 30.7 Å². The maximum absolute atomic E-state index is 12.6. The summed E-state index contributed by atoms with van der Waals surface area (Å²) < 4.78 is 10.5. The zero-order valence-electron chi connectivity index (χ0n) is 15.0. The van der Waals surface area contributed by atoms with Crippen molar-refractivity contribution in [3.05, 3.63) is 59.2 Å². The molecule has 0 bridgehead atoms. The maximum atomic E-state index is 12.6. The van der Waals surface area contributed by atoms with Gasteiger partial charge in [0.1, 0.15) is 5.75 Å². The van der Waals surface area contributed by atoms with E-state index >= 15 is 0 Å². The first kappa shape index (κ1) is 18.5. The largest absolute Gasteiger partial charge is 0.481 e. The van der Waals surface area contributed by atoms with Crippen LogP contribution in [0, 0.1) is 13.8 Å². The molecule has 0 spiro atoms. The van der Waals surface area contributed by atoms with Crippen LogP contribution in [0.2, 0.25) is 0 Å². The average molecular weight is 341 g/mol. The van der Waals surface area contributed by atoms with Crippen molar-refractivity contribution in [1.29, 1.82) is 0 Å². The predicted octanol–water partition coefficient (Wildman–Crippen LogP) is 3.89. The molecule has 0 saturated carbocycles. The van der Waals surface area contributed by atoms with Gasteiger partial charge in [0.05, 0.1) is 12.7 Å². The molecule has 0 aliphatic heterocycles. The van der Waals surface area contributed by atoms with Gasteiger partial charge in [-0.25, -0.2) is 4.79 Å². The summed E-state index contributed by atoms with van der Waals surface area (Å²) in [5.74, 6) is -0.0562. The molecule has 0 heterocycles. The van der Waals surface area contributed by atoms with Crippen molar-refractivity contribution in [1.82, 2.24) is 0 Å². The molecule has 132 valence electrons. The first-order valence-electron chi connectivity index (χ1n) is 8.17. The van der Waals surface area contributed by atoms with E-state index in [9.17, 15) is 9.59 Å². The Morgan fingerprint density at radius 1 is 1.08 bits per heavy atom. The van der Waals surface area contributed by atoms with Crippen molar-refractivity contribution in [2.75, 3.05) is 12.4 Å². The second-order valence-electron chi connectivity index (χ2n) is 5.84. The zero-order chi connectivity index (χ0) is 18.4. The average Bonchev–Trinajstić information content (AvgIpc) is 2.62. The van der Waals surface area contributed by atoms with E-state index in [2.05, 4.69) is 5.32 Å². The Labute approximate surface area is 148 Å². The van der Waals surface area contributed by atoms with Crippen molar-refractivity contribution in [3.8, 4) is 5.75 Å². The third-order valence-corrected chi connectivity index (χ3v) is 3.88. The van der Waals surface area contributed by atoms with E-state index in [1.54, 1.807) is 18.2 Å². The second-order valence-corrected chi connectivity index (χ2v) is 5.84. The molecule has 2 rings (SSSR count). The van der Waals surface area contributed by atoms with Crippen molar-refractivity contribution in [2.24, 2.45) is 0 Å². The fourth-order valence-electron chi connectivity index (χ4n) is 2.32. The molecule has 0 aromatic heterocycles. The van der Waals surface area contributed by atoms with Crippen LogP contribution in [0.3, 0.4) is 0 Å². The minimum Gasteiger partial charge on any atom is -0.481 e. The summed E-state index contributed by atoms with van der Waals surface area (Å²) in [7, 11) is 1.32. The van der Waals surface area contributed by atoms with E-state index < -0.39 is 12.1 Å². The summed E-state index contributed by atoms with van der Waals surface area (Å²) in [5.41, 5.74) is 2.93. The first-order valence-corrected chi connectivity index (χ1v) is 8.17. The monoisotopic (exact) mass is 341 g/mol. The zero-order valence-corrected chi connectivity index (χ0v) is 15.0. The molecule has 2 aromatic carbocycles. The highest BCUT2D eigenvalue weighted by atomic mass is 16.5. The minimum absolute atomic E-state index is 0.256. The van der Waals surface area contributed by atoms with Crippen LogP contribution in [0.25, 0.3) is 0 Å². The van der Waals surface area contributed by atoms with E-state index in [4.69, 9.17) is 9.47 Å². The number of methoxy groups -OCH3 is 1. The van der Waals surface area contributed by atoms with E-state index in [1.165, 1.54) is 7.11 Å². The molecule has 0 aliphatic rings. The summed E-state index contributed by atoms with van der Waals surface area (Å²) in [6.07, 6.45) is -0.0981. The van der Waals surface area contributed by atoms with Gasteiger partial charge in [-0.2, -0.15) is 0 Å². The number of anilines is 1. The Hall–Kier alpha value is -2.82. The number of amides is 1. The molecule has 5 nitrogen and oxygen atoms in total. The Morgan fingerprint density at radius 2 is 1.76 bits per heavy atom. The number of aryl methyl sites for hydroxylation is 2. The lowest BCUT2D eigenvalue weighted by Gasteiger charge is -2.18. The molecule has 0 radical (unpaired) electrons. The Kier molecular flexibility index (Phi) is 6.17. The molecule has 0 fully saturated rings. The van der Waals surface area contributed by atoms with E-state index in [0.29, 0.717) is 23.4 Å². The van der Waals surface area contributed by atoms with Gasteiger partial charge >= 0.3 is 5.97 Å². The number of hydrogen-bond donors (Lipinski definition) is 1. The van der Waals surface area contributed by atoms with Gasteiger partial charge in [-0.15, -0.1) is 0 Å².